The van der Waals surface area contributed by atoms with E-state index < -0.39 is 5.97 Å². The van der Waals surface area contributed by atoms with Gasteiger partial charge in [-0.05, 0) is 25.5 Å². The Morgan fingerprint density at radius 2 is 2.33 bits per heavy atom. The first-order valence-corrected chi connectivity index (χ1v) is 7.42. The summed E-state index contributed by atoms with van der Waals surface area (Å²) in [5.74, 6) is -0.343. The van der Waals surface area contributed by atoms with Gasteiger partial charge in [-0.25, -0.2) is 4.98 Å². The first-order chi connectivity index (χ1) is 10.0. The van der Waals surface area contributed by atoms with Gasteiger partial charge in [0.15, 0.2) is 10.8 Å². The molecule has 0 saturated heterocycles. The molecule has 0 fully saturated rings. The van der Waals surface area contributed by atoms with E-state index in [2.05, 4.69) is 10.3 Å². The molecule has 6 nitrogen and oxygen atoms in total. The second kappa shape index (κ2) is 7.03. The van der Waals surface area contributed by atoms with E-state index in [4.69, 9.17) is 9.52 Å². The molecular formula is C14H16N2O4S. The van der Waals surface area contributed by atoms with Crippen LogP contribution in [0.15, 0.2) is 28.2 Å². The summed E-state index contributed by atoms with van der Waals surface area (Å²) in [6.07, 6.45) is 2.21. The average molecular weight is 308 g/mol. The number of rotatable bonds is 7. The zero-order chi connectivity index (χ0) is 15.2. The smallest absolute Gasteiger partial charge is 0.303 e. The van der Waals surface area contributed by atoms with E-state index in [0.717, 1.165) is 5.01 Å². The summed E-state index contributed by atoms with van der Waals surface area (Å²) in [6, 6.07) is 3.43. The average Bonchev–Trinajstić information content (AvgIpc) is 3.06. The topological polar surface area (TPSA) is 92.4 Å². The second-order valence-corrected chi connectivity index (χ2v) is 5.56. The van der Waals surface area contributed by atoms with E-state index in [1.807, 2.05) is 11.4 Å². The fourth-order valence-corrected chi connectivity index (χ4v) is 2.59. The highest BCUT2D eigenvalue weighted by molar-refractivity contribution is 7.13. The first kappa shape index (κ1) is 15.2. The lowest BCUT2D eigenvalue weighted by Crippen LogP contribution is -2.34. The van der Waals surface area contributed by atoms with Gasteiger partial charge in [-0.1, -0.05) is 0 Å². The predicted octanol–water partition coefficient (Wildman–Crippen LogP) is 2.32. The van der Waals surface area contributed by atoms with Gasteiger partial charge < -0.3 is 14.8 Å². The number of carbonyl (C=O) groups excluding carboxylic acids is 1. The highest BCUT2D eigenvalue weighted by atomic mass is 32.1. The van der Waals surface area contributed by atoms with E-state index in [1.54, 1.807) is 19.3 Å². The van der Waals surface area contributed by atoms with Crippen LogP contribution in [0.5, 0.6) is 0 Å². The van der Waals surface area contributed by atoms with Gasteiger partial charge in [0.2, 0.25) is 5.91 Å². The Kier molecular flexibility index (Phi) is 5.10. The van der Waals surface area contributed by atoms with Gasteiger partial charge in [0.25, 0.3) is 0 Å². The number of hydrogen-bond acceptors (Lipinski definition) is 5. The summed E-state index contributed by atoms with van der Waals surface area (Å²) in [7, 11) is 0. The van der Waals surface area contributed by atoms with Gasteiger partial charge >= 0.3 is 5.97 Å². The fourth-order valence-electron chi connectivity index (χ4n) is 1.80. The molecule has 112 valence electrons. The van der Waals surface area contributed by atoms with E-state index in [9.17, 15) is 9.59 Å². The van der Waals surface area contributed by atoms with Crippen LogP contribution < -0.4 is 5.32 Å². The summed E-state index contributed by atoms with van der Waals surface area (Å²) in [5.41, 5.74) is 0.675. The molecule has 2 rings (SSSR count). The predicted molar refractivity (Wildman–Crippen MR) is 78.0 cm³/mol. The molecule has 2 aromatic heterocycles. The SMILES string of the molecule is CC(CCC(=O)O)NC(=O)Cc1csc(-c2ccco2)n1. The van der Waals surface area contributed by atoms with Gasteiger partial charge in [-0.15, -0.1) is 11.3 Å². The maximum atomic E-state index is 11.8. The number of aromatic nitrogens is 1. The molecule has 1 amide bonds. The highest BCUT2D eigenvalue weighted by Gasteiger charge is 2.13. The Labute approximate surface area is 125 Å². The summed E-state index contributed by atoms with van der Waals surface area (Å²) < 4.78 is 5.25. The van der Waals surface area contributed by atoms with Crippen molar-refractivity contribution in [3.05, 3.63) is 29.5 Å². The lowest BCUT2D eigenvalue weighted by molar-refractivity contribution is -0.137. The molecule has 0 aromatic carbocycles. The van der Waals surface area contributed by atoms with Gasteiger partial charge in [0.1, 0.15) is 0 Å². The summed E-state index contributed by atoms with van der Waals surface area (Å²) in [5, 5.41) is 13.9. The van der Waals surface area contributed by atoms with Crippen molar-refractivity contribution < 1.29 is 19.1 Å². The molecular weight excluding hydrogens is 292 g/mol. The number of carboxylic acids is 1. The molecule has 0 aliphatic rings. The quantitative estimate of drug-likeness (QED) is 0.819. The summed E-state index contributed by atoms with van der Waals surface area (Å²) in [6.45, 7) is 1.79. The lowest BCUT2D eigenvalue weighted by atomic mass is 10.2. The Morgan fingerprint density at radius 3 is 3.00 bits per heavy atom. The minimum Gasteiger partial charge on any atom is -0.481 e. The van der Waals surface area contributed by atoms with Gasteiger partial charge in [-0.3, -0.25) is 9.59 Å². The van der Waals surface area contributed by atoms with Crippen LogP contribution in [0, 0.1) is 0 Å². The Hall–Kier alpha value is -2.15. The van der Waals surface area contributed by atoms with Crippen LogP contribution >= 0.6 is 11.3 Å². The van der Waals surface area contributed by atoms with Crippen LogP contribution in [0.3, 0.4) is 0 Å². The third kappa shape index (κ3) is 4.71. The number of carboxylic acid groups (broad SMARTS) is 1. The summed E-state index contributed by atoms with van der Waals surface area (Å²) >= 11 is 1.42. The fraction of sp³-hybridized carbons (Fsp3) is 0.357. The van der Waals surface area contributed by atoms with Gasteiger partial charge in [0, 0.05) is 17.8 Å². The van der Waals surface area contributed by atoms with E-state index in [-0.39, 0.29) is 24.8 Å². The molecule has 0 aliphatic carbocycles. The number of nitrogens with one attached hydrogen (secondary N) is 1. The number of thiazole rings is 1. The van der Waals surface area contributed by atoms with E-state index >= 15 is 0 Å². The Balaban J connectivity index is 1.84. The van der Waals surface area contributed by atoms with Crippen LogP contribution in [0.1, 0.15) is 25.5 Å². The monoisotopic (exact) mass is 308 g/mol. The number of furan rings is 1. The van der Waals surface area contributed by atoms with Crippen molar-refractivity contribution in [2.75, 3.05) is 0 Å². The van der Waals surface area contributed by atoms with E-state index in [1.165, 1.54) is 11.3 Å². The van der Waals surface area contributed by atoms with Crippen LogP contribution in [0.4, 0.5) is 0 Å². The Morgan fingerprint density at radius 1 is 1.52 bits per heavy atom. The van der Waals surface area contributed by atoms with Crippen LogP contribution in [-0.2, 0) is 16.0 Å². The number of nitrogens with zero attached hydrogens (tertiary/aromatic N) is 1. The number of carbonyl (C=O) groups is 2. The maximum absolute atomic E-state index is 11.8. The van der Waals surface area contributed by atoms with Crippen molar-refractivity contribution in [3.8, 4) is 10.8 Å². The molecule has 0 bridgehead atoms. The molecule has 1 atom stereocenters. The largest absolute Gasteiger partial charge is 0.481 e. The number of amides is 1. The van der Waals surface area contributed by atoms with Gasteiger partial charge in [-0.2, -0.15) is 0 Å². The molecule has 7 heteroatoms. The minimum atomic E-state index is -0.862. The highest BCUT2D eigenvalue weighted by Crippen LogP contribution is 2.24. The Bertz CT molecular complexity index is 606. The van der Waals surface area contributed by atoms with Crippen molar-refractivity contribution >= 4 is 23.2 Å². The van der Waals surface area contributed by atoms with Gasteiger partial charge in [0.05, 0.1) is 18.4 Å². The minimum absolute atomic E-state index is 0.0424. The second-order valence-electron chi connectivity index (χ2n) is 4.70. The molecule has 0 spiro atoms. The van der Waals surface area contributed by atoms with E-state index in [0.29, 0.717) is 17.9 Å². The van der Waals surface area contributed by atoms with Crippen molar-refractivity contribution in [1.29, 1.82) is 0 Å². The van der Waals surface area contributed by atoms with Crippen LogP contribution in [0.2, 0.25) is 0 Å². The summed E-state index contributed by atoms with van der Waals surface area (Å²) in [4.78, 5) is 26.7. The zero-order valence-electron chi connectivity index (χ0n) is 11.5. The zero-order valence-corrected chi connectivity index (χ0v) is 12.4. The molecule has 2 heterocycles. The van der Waals surface area contributed by atoms with Crippen molar-refractivity contribution in [1.82, 2.24) is 10.3 Å². The first-order valence-electron chi connectivity index (χ1n) is 6.54. The molecule has 0 radical (unpaired) electrons. The van der Waals surface area contributed by atoms with Crippen LogP contribution in [-0.4, -0.2) is 28.0 Å². The number of aliphatic carboxylic acids is 1. The van der Waals surface area contributed by atoms with Crippen LogP contribution in [0.25, 0.3) is 10.8 Å². The number of hydrogen-bond donors (Lipinski definition) is 2. The molecule has 2 aromatic rings. The molecule has 0 saturated carbocycles. The molecule has 21 heavy (non-hydrogen) atoms. The third-order valence-electron chi connectivity index (χ3n) is 2.82. The molecule has 0 aliphatic heterocycles. The normalized spacial score (nSPS) is 12.0. The molecule has 2 N–H and O–H groups in total. The van der Waals surface area contributed by atoms with Crippen molar-refractivity contribution in [3.63, 3.8) is 0 Å². The third-order valence-corrected chi connectivity index (χ3v) is 3.73. The lowest BCUT2D eigenvalue weighted by Gasteiger charge is -2.11. The molecule has 1 unspecified atom stereocenters. The standard InChI is InChI=1S/C14H16N2O4S/c1-9(4-5-13(18)19)15-12(17)7-10-8-21-14(16-10)11-3-2-6-20-11/h2-3,6,8-9H,4-5,7H2,1H3,(H,15,17)(H,18,19). The van der Waals surface area contributed by atoms with Crippen molar-refractivity contribution in [2.24, 2.45) is 0 Å². The maximum Gasteiger partial charge on any atom is 0.303 e. The van der Waals surface area contributed by atoms with Crippen molar-refractivity contribution in [2.45, 2.75) is 32.2 Å².